The van der Waals surface area contributed by atoms with Gasteiger partial charge >= 0.3 is 5.97 Å². The highest BCUT2D eigenvalue weighted by molar-refractivity contribution is 7.18. The molecule has 1 N–H and O–H groups in total. The predicted molar refractivity (Wildman–Crippen MR) is 91.3 cm³/mol. The average molecular weight is 344 g/mol. The van der Waals surface area contributed by atoms with Crippen molar-refractivity contribution in [1.82, 2.24) is 19.9 Å². The van der Waals surface area contributed by atoms with Crippen LogP contribution in [0.1, 0.15) is 36.1 Å². The van der Waals surface area contributed by atoms with Gasteiger partial charge in [-0.25, -0.2) is 19.7 Å². The van der Waals surface area contributed by atoms with Crippen molar-refractivity contribution in [3.63, 3.8) is 0 Å². The van der Waals surface area contributed by atoms with E-state index >= 15 is 0 Å². The van der Waals surface area contributed by atoms with Gasteiger partial charge in [-0.1, -0.05) is 20.8 Å². The number of carbonyl (C=O) groups excluding carboxylic acids is 1. The molecule has 0 saturated heterocycles. The Morgan fingerprint density at radius 1 is 1.25 bits per heavy atom. The number of thiophene rings is 1. The number of H-pyrrole nitrogens is 1. The van der Waals surface area contributed by atoms with Gasteiger partial charge in [-0.2, -0.15) is 0 Å². The fourth-order valence-electron chi connectivity index (χ4n) is 2.08. The molecular weight excluding hydrogens is 328 g/mol. The number of aromatic amines is 1. The molecule has 0 saturated carbocycles. The number of methoxy groups -OCH3 is 1. The van der Waals surface area contributed by atoms with E-state index in [1.54, 1.807) is 0 Å². The Labute approximate surface area is 141 Å². The van der Waals surface area contributed by atoms with E-state index in [0.717, 1.165) is 4.88 Å². The van der Waals surface area contributed by atoms with Crippen LogP contribution >= 0.6 is 11.3 Å². The Kier molecular flexibility index (Phi) is 3.92. The molecule has 0 aliphatic heterocycles. The minimum absolute atomic E-state index is 0.0556. The molecule has 0 aliphatic carbocycles. The molecule has 124 valence electrons. The summed E-state index contributed by atoms with van der Waals surface area (Å²) in [4.78, 5) is 40.8. The zero-order valence-electron chi connectivity index (χ0n) is 13.7. The lowest BCUT2D eigenvalue weighted by Gasteiger charge is -2.14. The molecule has 0 radical (unpaired) electrons. The molecule has 0 atom stereocenters. The van der Waals surface area contributed by atoms with E-state index in [1.165, 1.54) is 30.8 Å². The van der Waals surface area contributed by atoms with Gasteiger partial charge in [-0.15, -0.1) is 11.3 Å². The van der Waals surface area contributed by atoms with Gasteiger partial charge < -0.3 is 9.72 Å². The molecule has 0 unspecified atom stereocenters. The van der Waals surface area contributed by atoms with Gasteiger partial charge in [0.1, 0.15) is 10.5 Å². The van der Waals surface area contributed by atoms with Crippen LogP contribution in [0.5, 0.6) is 0 Å². The van der Waals surface area contributed by atoms with Crippen molar-refractivity contribution >= 4 is 27.5 Å². The Morgan fingerprint density at radius 2 is 2.00 bits per heavy atom. The summed E-state index contributed by atoms with van der Waals surface area (Å²) in [6.07, 6.45) is 2.68. The first-order valence-corrected chi connectivity index (χ1v) is 8.06. The number of hydrogen-bond donors (Lipinski definition) is 1. The summed E-state index contributed by atoms with van der Waals surface area (Å²) in [5.41, 5.74) is 0.198. The molecule has 0 spiro atoms. The topological polar surface area (TPSA) is 97.8 Å². The molecule has 3 heterocycles. The lowest BCUT2D eigenvalue weighted by Crippen LogP contribution is -2.10. The fraction of sp³-hybridized carbons (Fsp3) is 0.312. The van der Waals surface area contributed by atoms with Crippen molar-refractivity contribution in [3.8, 4) is 11.5 Å². The smallest absolute Gasteiger partial charge is 0.358 e. The summed E-state index contributed by atoms with van der Waals surface area (Å²) in [6, 6.07) is 1.88. The number of ether oxygens (including phenoxy) is 1. The normalized spacial score (nSPS) is 11.7. The fourth-order valence-corrected chi connectivity index (χ4v) is 3.17. The maximum Gasteiger partial charge on any atom is 0.358 e. The van der Waals surface area contributed by atoms with Crippen molar-refractivity contribution in [1.29, 1.82) is 0 Å². The number of hydrogen-bond acceptors (Lipinski definition) is 7. The molecule has 0 aliphatic rings. The molecule has 0 amide bonds. The van der Waals surface area contributed by atoms with Gasteiger partial charge in [0.05, 0.1) is 24.9 Å². The molecule has 0 bridgehead atoms. The molecule has 0 fully saturated rings. The molecule has 3 aromatic heterocycles. The quantitative estimate of drug-likeness (QED) is 0.717. The van der Waals surface area contributed by atoms with Crippen LogP contribution in [-0.2, 0) is 10.2 Å². The van der Waals surface area contributed by atoms with Gasteiger partial charge in [0.2, 0.25) is 0 Å². The predicted octanol–water partition coefficient (Wildman–Crippen LogP) is 2.53. The second-order valence-corrected chi connectivity index (χ2v) is 7.30. The SMILES string of the molecule is COC(=O)c1cnc(-c2nc3sc(C(C)(C)C)cc3c(=O)[nH]2)cn1. The highest BCUT2D eigenvalue weighted by Gasteiger charge is 2.19. The number of fused-ring (bicyclic) bond motifs is 1. The van der Waals surface area contributed by atoms with E-state index in [9.17, 15) is 9.59 Å². The van der Waals surface area contributed by atoms with Crippen LogP contribution in [0.2, 0.25) is 0 Å². The van der Waals surface area contributed by atoms with Crippen molar-refractivity contribution < 1.29 is 9.53 Å². The molecular formula is C16H16N4O3S. The number of carbonyl (C=O) groups is 1. The Hall–Kier alpha value is -2.61. The van der Waals surface area contributed by atoms with Crippen molar-refractivity contribution in [2.24, 2.45) is 0 Å². The molecule has 24 heavy (non-hydrogen) atoms. The van der Waals surface area contributed by atoms with Gasteiger partial charge in [-0.3, -0.25) is 4.79 Å². The van der Waals surface area contributed by atoms with Crippen molar-refractivity contribution in [3.05, 3.63) is 39.4 Å². The van der Waals surface area contributed by atoms with Gasteiger partial charge in [0.15, 0.2) is 11.5 Å². The second-order valence-electron chi connectivity index (χ2n) is 6.27. The van der Waals surface area contributed by atoms with Gasteiger partial charge in [0.25, 0.3) is 5.56 Å². The summed E-state index contributed by atoms with van der Waals surface area (Å²) in [5.74, 6) is -0.252. The molecule has 3 rings (SSSR count). The maximum atomic E-state index is 12.3. The third-order valence-corrected chi connectivity index (χ3v) is 4.89. The minimum atomic E-state index is -0.570. The third kappa shape index (κ3) is 2.92. The van der Waals surface area contributed by atoms with Crippen molar-refractivity contribution in [2.45, 2.75) is 26.2 Å². The van der Waals surface area contributed by atoms with E-state index in [0.29, 0.717) is 21.7 Å². The Balaban J connectivity index is 2.07. The summed E-state index contributed by atoms with van der Waals surface area (Å²) >= 11 is 1.49. The lowest BCUT2D eigenvalue weighted by atomic mass is 9.94. The van der Waals surface area contributed by atoms with E-state index in [2.05, 4.69) is 45.4 Å². The van der Waals surface area contributed by atoms with Gasteiger partial charge in [-0.05, 0) is 11.5 Å². The van der Waals surface area contributed by atoms with Crippen LogP contribution in [0.25, 0.3) is 21.7 Å². The zero-order chi connectivity index (χ0) is 17.5. The first-order valence-electron chi connectivity index (χ1n) is 7.24. The minimum Gasteiger partial charge on any atom is -0.464 e. The first kappa shape index (κ1) is 16.3. The highest BCUT2D eigenvalue weighted by atomic mass is 32.1. The van der Waals surface area contributed by atoms with Gasteiger partial charge in [0, 0.05) is 4.88 Å². The standard InChI is InChI=1S/C16H16N4O3S/c1-16(2,3)11-5-8-13(21)19-12(20-14(8)24-11)9-6-18-10(7-17-9)15(22)23-4/h5-7H,1-4H3,(H,19,20,21). The highest BCUT2D eigenvalue weighted by Crippen LogP contribution is 2.32. The maximum absolute atomic E-state index is 12.3. The van der Waals surface area contributed by atoms with Crippen LogP contribution < -0.4 is 5.56 Å². The summed E-state index contributed by atoms with van der Waals surface area (Å²) < 4.78 is 4.58. The molecule has 3 aromatic rings. The lowest BCUT2D eigenvalue weighted by molar-refractivity contribution is 0.0593. The van der Waals surface area contributed by atoms with Crippen LogP contribution in [0.4, 0.5) is 0 Å². The Bertz CT molecular complexity index is 968. The summed E-state index contributed by atoms with van der Waals surface area (Å²) in [7, 11) is 1.27. The van der Waals surface area contributed by atoms with Crippen LogP contribution in [0.15, 0.2) is 23.3 Å². The van der Waals surface area contributed by atoms with Crippen molar-refractivity contribution in [2.75, 3.05) is 7.11 Å². The Morgan fingerprint density at radius 3 is 2.58 bits per heavy atom. The van der Waals surface area contributed by atoms with Crippen LogP contribution in [0, 0.1) is 0 Å². The summed E-state index contributed by atoms with van der Waals surface area (Å²) in [6.45, 7) is 6.26. The van der Waals surface area contributed by atoms with E-state index in [-0.39, 0.29) is 16.7 Å². The van der Waals surface area contributed by atoms with Crippen LogP contribution in [-0.4, -0.2) is 33.0 Å². The number of nitrogens with zero attached hydrogens (tertiary/aromatic N) is 3. The first-order chi connectivity index (χ1) is 11.3. The monoisotopic (exact) mass is 344 g/mol. The second kappa shape index (κ2) is 5.79. The molecule has 0 aromatic carbocycles. The van der Waals surface area contributed by atoms with Crippen LogP contribution in [0.3, 0.4) is 0 Å². The largest absolute Gasteiger partial charge is 0.464 e. The summed E-state index contributed by atoms with van der Waals surface area (Å²) in [5, 5.41) is 0.563. The number of aromatic nitrogens is 4. The number of nitrogens with one attached hydrogen (secondary N) is 1. The zero-order valence-corrected chi connectivity index (χ0v) is 14.5. The molecule has 7 nitrogen and oxygen atoms in total. The van der Waals surface area contributed by atoms with E-state index < -0.39 is 5.97 Å². The van der Waals surface area contributed by atoms with E-state index in [4.69, 9.17) is 0 Å². The number of esters is 1. The third-order valence-electron chi connectivity index (χ3n) is 3.43. The average Bonchev–Trinajstić information content (AvgIpc) is 2.99. The van der Waals surface area contributed by atoms with E-state index in [1.807, 2.05) is 6.07 Å². The molecule has 8 heteroatoms. The number of rotatable bonds is 2.